The zero-order valence-electron chi connectivity index (χ0n) is 35.4. The summed E-state index contributed by atoms with van der Waals surface area (Å²) in [6, 6.07) is 29.0. The van der Waals surface area contributed by atoms with E-state index in [0.717, 1.165) is 153 Å². The highest BCUT2D eigenvalue weighted by molar-refractivity contribution is 5.93. The maximum atomic E-state index is 6.22. The molecule has 8 heteroatoms. The third-order valence-electron chi connectivity index (χ3n) is 12.7. The van der Waals surface area contributed by atoms with Crippen LogP contribution >= 0.6 is 0 Å². The van der Waals surface area contributed by atoms with Crippen LogP contribution in [0.2, 0.25) is 0 Å². The summed E-state index contributed by atoms with van der Waals surface area (Å²) in [4.78, 5) is 20.4. The van der Waals surface area contributed by atoms with Crippen molar-refractivity contribution in [1.29, 1.82) is 0 Å². The van der Waals surface area contributed by atoms with Gasteiger partial charge in [-0.25, -0.2) is 9.97 Å². The summed E-state index contributed by atoms with van der Waals surface area (Å²) in [5.41, 5.74) is 10.8. The molecule has 0 unspecified atom stereocenters. The smallest absolute Gasteiger partial charge is 0.119 e. The van der Waals surface area contributed by atoms with Gasteiger partial charge in [0.2, 0.25) is 0 Å². The predicted molar refractivity (Wildman–Crippen MR) is 241 cm³/mol. The molecule has 0 saturated heterocycles. The van der Waals surface area contributed by atoms with E-state index in [1.807, 2.05) is 12.1 Å². The van der Waals surface area contributed by atoms with Crippen molar-refractivity contribution in [3.63, 3.8) is 0 Å². The Labute approximate surface area is 345 Å². The van der Waals surface area contributed by atoms with Crippen molar-refractivity contribution in [1.82, 2.24) is 19.9 Å². The average Bonchev–Trinajstić information content (AvgIpc) is 4.10. The van der Waals surface area contributed by atoms with Crippen LogP contribution in [-0.2, 0) is 0 Å². The van der Waals surface area contributed by atoms with Gasteiger partial charge in [0.15, 0.2) is 0 Å². The van der Waals surface area contributed by atoms with E-state index in [0.29, 0.717) is 13.2 Å². The number of ether oxygens (including phenoxy) is 2. The van der Waals surface area contributed by atoms with Crippen molar-refractivity contribution >= 4 is 46.4 Å². The third-order valence-corrected chi connectivity index (χ3v) is 12.7. The molecule has 2 aliphatic rings. The number of hydrogen-bond donors (Lipinski definition) is 0. The van der Waals surface area contributed by atoms with Crippen molar-refractivity contribution in [3.8, 4) is 33.8 Å². The molecular formula is C50H60N6O2. The van der Waals surface area contributed by atoms with Gasteiger partial charge in [0.05, 0.1) is 88.3 Å². The van der Waals surface area contributed by atoms with Gasteiger partial charge in [0.25, 0.3) is 0 Å². The van der Waals surface area contributed by atoms with E-state index in [9.17, 15) is 0 Å². The van der Waals surface area contributed by atoms with Gasteiger partial charge in [-0.15, -0.1) is 22.1 Å². The summed E-state index contributed by atoms with van der Waals surface area (Å²) in [6.45, 7) is 24.3. The molecule has 0 saturated carbocycles. The summed E-state index contributed by atoms with van der Waals surface area (Å²) >= 11 is 0. The molecule has 5 heterocycles. The molecule has 2 aromatic carbocycles. The summed E-state index contributed by atoms with van der Waals surface area (Å²) < 4.78 is 14.7. The van der Waals surface area contributed by atoms with Gasteiger partial charge in [0.1, 0.15) is 11.5 Å². The Morgan fingerprint density at radius 3 is 1.21 bits per heavy atom. The number of hydrogen-bond acceptors (Lipinski definition) is 4. The molecule has 302 valence electrons. The van der Waals surface area contributed by atoms with E-state index >= 15 is 0 Å². The number of fused-ring (bicyclic) bond motifs is 8. The molecule has 0 fully saturated rings. The lowest BCUT2D eigenvalue weighted by atomic mass is 10.0. The summed E-state index contributed by atoms with van der Waals surface area (Å²) in [7, 11) is 0. The molecule has 0 spiro atoms. The molecular weight excluding hydrogens is 717 g/mol. The standard InChI is InChI=1S/C50H60N6O2/c1-7-55(8-2,9-3)31-13-33-57-43-23-15-37(16-24-43)49-45-27-19-39(51-45)35-41-21-29-47(53-41)50(48-30-22-42(54-48)36-40-20-28-46(49)52-40)38-17-25-44(26-18-38)58-34-14-32-56(10-4,11-5)12-6/h15-30,35-36H,7-14,31-34H2,1-6H3. The molecule has 0 aliphatic carbocycles. The molecule has 7 rings (SSSR count). The van der Waals surface area contributed by atoms with Crippen molar-refractivity contribution in [2.45, 2.75) is 54.4 Å². The van der Waals surface area contributed by atoms with Crippen LogP contribution in [0.3, 0.4) is 0 Å². The van der Waals surface area contributed by atoms with Crippen molar-refractivity contribution in [2.75, 3.05) is 65.6 Å². The lowest BCUT2D eigenvalue weighted by molar-refractivity contribution is -0.923. The lowest BCUT2D eigenvalue weighted by Gasteiger charge is -2.35. The highest BCUT2D eigenvalue weighted by Gasteiger charge is 2.21. The van der Waals surface area contributed by atoms with Crippen LogP contribution < -0.4 is 19.4 Å². The van der Waals surface area contributed by atoms with Crippen molar-refractivity contribution in [2.24, 2.45) is 0 Å². The quantitative estimate of drug-likeness (QED) is 0.0638. The largest absolute Gasteiger partial charge is 0.657 e. The molecule has 3 aromatic heterocycles. The first-order chi connectivity index (χ1) is 28.3. The van der Waals surface area contributed by atoms with Gasteiger partial charge in [-0.2, -0.15) is 0 Å². The fourth-order valence-electron chi connectivity index (χ4n) is 8.45. The first kappa shape index (κ1) is 40.7. The maximum absolute atomic E-state index is 6.22. The van der Waals surface area contributed by atoms with E-state index in [4.69, 9.17) is 29.4 Å². The van der Waals surface area contributed by atoms with Crippen LogP contribution in [0.4, 0.5) is 0 Å². The third kappa shape index (κ3) is 9.14. The second kappa shape index (κ2) is 18.4. The van der Waals surface area contributed by atoms with Crippen LogP contribution in [0.25, 0.3) is 68.6 Å². The lowest BCUT2D eigenvalue weighted by Crippen LogP contribution is -2.48. The summed E-state index contributed by atoms with van der Waals surface area (Å²) in [5.74, 6) is 1.75. The Morgan fingerprint density at radius 1 is 0.466 bits per heavy atom. The first-order valence-corrected chi connectivity index (χ1v) is 21.5. The number of nitrogens with zero attached hydrogens (tertiary/aromatic N) is 6. The first-order valence-electron chi connectivity index (χ1n) is 21.5. The van der Waals surface area contributed by atoms with Crippen molar-refractivity contribution < 1.29 is 18.4 Å². The second-order valence-corrected chi connectivity index (χ2v) is 15.5. The maximum Gasteiger partial charge on any atom is 0.119 e. The Hall–Kier alpha value is -5.44. The Bertz CT molecular complexity index is 2190. The van der Waals surface area contributed by atoms with Crippen LogP contribution in [0.1, 0.15) is 77.2 Å². The zero-order chi connectivity index (χ0) is 40.5. The van der Waals surface area contributed by atoms with E-state index in [1.165, 1.54) is 0 Å². The molecule has 0 radical (unpaired) electrons. The Kier molecular flexibility index (Phi) is 12.9. The summed E-state index contributed by atoms with van der Waals surface area (Å²) in [5, 5.41) is 0. The van der Waals surface area contributed by atoms with Gasteiger partial charge in [0, 0.05) is 12.8 Å². The molecule has 0 atom stereocenters. The van der Waals surface area contributed by atoms with Crippen LogP contribution in [0.5, 0.6) is 11.5 Å². The Balaban J connectivity index is 1.18. The minimum absolute atomic E-state index is 0.705. The molecule has 58 heavy (non-hydrogen) atoms. The highest BCUT2D eigenvalue weighted by atomic mass is 16.5. The van der Waals surface area contributed by atoms with Crippen LogP contribution in [0, 0.1) is 0 Å². The molecule has 2 aliphatic heterocycles. The molecule has 8 bridgehead atoms. The second-order valence-electron chi connectivity index (χ2n) is 15.5. The van der Waals surface area contributed by atoms with Gasteiger partial charge < -0.3 is 28.4 Å². The molecule has 5 aromatic rings. The van der Waals surface area contributed by atoms with Gasteiger partial charge in [-0.1, -0.05) is 60.7 Å². The average molecular weight is 777 g/mol. The number of aromatic nitrogens is 4. The van der Waals surface area contributed by atoms with Gasteiger partial charge in [-0.3, -0.25) is 0 Å². The van der Waals surface area contributed by atoms with E-state index < -0.39 is 0 Å². The fourth-order valence-corrected chi connectivity index (χ4v) is 8.45. The SMILES string of the molecule is CC[N+](CC)(CC)CCCOc1ccc(-c2c3nc(cc4ccc([n-]4)c(-c4ccc(OCCC[N+](CC)(CC)CC)cc4)c4nc(cc5ccc2[n-]5)C=C4)C=C3)cc1. The minimum Gasteiger partial charge on any atom is -0.657 e. The molecule has 8 nitrogen and oxygen atoms in total. The topological polar surface area (TPSA) is 72.4 Å². The van der Waals surface area contributed by atoms with Crippen molar-refractivity contribution in [3.05, 3.63) is 108 Å². The fraction of sp³-hybridized carbons (Fsp3) is 0.360. The van der Waals surface area contributed by atoms with Crippen LogP contribution in [0.15, 0.2) is 84.9 Å². The summed E-state index contributed by atoms with van der Waals surface area (Å²) in [6.07, 6.45) is 10.3. The molecule has 0 N–H and O–H groups in total. The van der Waals surface area contributed by atoms with E-state index in [2.05, 4.69) is 139 Å². The zero-order valence-corrected chi connectivity index (χ0v) is 35.4. The number of rotatable bonds is 18. The number of benzene rings is 2. The van der Waals surface area contributed by atoms with Crippen LogP contribution in [-0.4, -0.2) is 84.5 Å². The normalized spacial score (nSPS) is 12.7. The van der Waals surface area contributed by atoms with E-state index in [1.54, 1.807) is 0 Å². The van der Waals surface area contributed by atoms with E-state index in [-0.39, 0.29) is 0 Å². The predicted octanol–water partition coefficient (Wildman–Crippen LogP) is 10.5. The Morgan fingerprint density at radius 2 is 0.845 bits per heavy atom. The highest BCUT2D eigenvalue weighted by Crippen LogP contribution is 2.33. The van der Waals surface area contributed by atoms with Gasteiger partial charge >= 0.3 is 0 Å². The van der Waals surface area contributed by atoms with Gasteiger partial charge in [-0.05, 0) is 112 Å². The molecule has 0 amide bonds. The monoisotopic (exact) mass is 776 g/mol. The number of quaternary nitrogens is 2. The minimum atomic E-state index is 0.705.